The number of amides is 1. The Morgan fingerprint density at radius 1 is 1.18 bits per heavy atom. The fourth-order valence-electron chi connectivity index (χ4n) is 2.60. The zero-order valence-electron chi connectivity index (χ0n) is 12.2. The first kappa shape index (κ1) is 14.6. The number of carbonyl (C=O) groups excluding carboxylic acids is 1. The molecule has 1 aliphatic heterocycles. The number of furan rings is 1. The summed E-state index contributed by atoms with van der Waals surface area (Å²) in [6, 6.07) is 8.11. The molecule has 0 unspecified atom stereocenters. The summed E-state index contributed by atoms with van der Waals surface area (Å²) < 4.78 is 18.2. The minimum Gasteiger partial charge on any atom is -0.467 e. The molecule has 2 heterocycles. The number of nitrogens with zero attached hydrogens (tertiary/aromatic N) is 2. The Morgan fingerprint density at radius 2 is 1.86 bits per heavy atom. The Bertz CT molecular complexity index is 646. The largest absolute Gasteiger partial charge is 0.467 e. The monoisotopic (exact) mass is 303 g/mol. The van der Waals surface area contributed by atoms with E-state index in [9.17, 15) is 9.18 Å². The summed E-state index contributed by atoms with van der Waals surface area (Å²) in [6.07, 6.45) is 1.46. The van der Waals surface area contributed by atoms with Gasteiger partial charge in [-0.15, -0.1) is 0 Å². The fraction of sp³-hybridized carbons (Fsp3) is 0.312. The smallest absolute Gasteiger partial charge is 0.257 e. The Hall–Kier alpha value is -2.34. The highest BCUT2D eigenvalue weighted by Gasteiger charge is 2.23. The van der Waals surface area contributed by atoms with Gasteiger partial charge in [-0.1, -0.05) is 0 Å². The highest BCUT2D eigenvalue weighted by Crippen LogP contribution is 2.18. The summed E-state index contributed by atoms with van der Waals surface area (Å²) in [4.78, 5) is 16.3. The van der Waals surface area contributed by atoms with Gasteiger partial charge in [-0.25, -0.2) is 4.39 Å². The van der Waals surface area contributed by atoms with Gasteiger partial charge in [-0.3, -0.25) is 4.79 Å². The van der Waals surface area contributed by atoms with E-state index < -0.39 is 0 Å². The molecule has 1 saturated heterocycles. The molecule has 5 nitrogen and oxygen atoms in total. The predicted molar refractivity (Wildman–Crippen MR) is 81.1 cm³/mol. The highest BCUT2D eigenvalue weighted by molar-refractivity contribution is 5.94. The van der Waals surface area contributed by atoms with E-state index in [0.29, 0.717) is 24.4 Å². The molecule has 1 aliphatic rings. The Kier molecular flexibility index (Phi) is 4.11. The number of rotatable bonds is 3. The maximum absolute atomic E-state index is 13.0. The van der Waals surface area contributed by atoms with Crippen molar-refractivity contribution in [3.05, 3.63) is 53.7 Å². The normalized spacial score (nSPS) is 15.2. The molecule has 2 N–H and O–H groups in total. The molecule has 1 amide bonds. The minimum absolute atomic E-state index is 0.0396. The Balaban J connectivity index is 1.61. The maximum atomic E-state index is 13.0. The first-order chi connectivity index (χ1) is 10.7. The van der Waals surface area contributed by atoms with Crippen LogP contribution in [0.3, 0.4) is 0 Å². The van der Waals surface area contributed by atoms with Gasteiger partial charge < -0.3 is 20.0 Å². The number of halogens is 1. The Morgan fingerprint density at radius 3 is 2.45 bits per heavy atom. The number of anilines is 1. The van der Waals surface area contributed by atoms with Crippen LogP contribution in [0, 0.1) is 5.82 Å². The van der Waals surface area contributed by atoms with Gasteiger partial charge >= 0.3 is 0 Å². The number of benzene rings is 1. The van der Waals surface area contributed by atoms with Gasteiger partial charge in [0.25, 0.3) is 5.91 Å². The van der Waals surface area contributed by atoms with E-state index in [2.05, 4.69) is 4.90 Å². The molecule has 0 bridgehead atoms. The number of hydrogen-bond donors (Lipinski definition) is 1. The van der Waals surface area contributed by atoms with Crippen LogP contribution in [0.5, 0.6) is 0 Å². The zero-order chi connectivity index (χ0) is 15.5. The van der Waals surface area contributed by atoms with Gasteiger partial charge in [0.1, 0.15) is 17.8 Å². The molecule has 1 aromatic heterocycles. The summed E-state index contributed by atoms with van der Waals surface area (Å²) in [5.74, 6) is 0.323. The number of piperazine rings is 1. The average molecular weight is 303 g/mol. The SMILES string of the molecule is NCc1cc(C(=O)N2CCN(c3ccc(F)cc3)CC2)co1. The first-order valence-electron chi connectivity index (χ1n) is 7.24. The van der Waals surface area contributed by atoms with Gasteiger partial charge in [-0.05, 0) is 30.3 Å². The molecule has 0 radical (unpaired) electrons. The molecule has 0 aliphatic carbocycles. The second-order valence-electron chi connectivity index (χ2n) is 5.26. The van der Waals surface area contributed by atoms with Crippen molar-refractivity contribution < 1.29 is 13.6 Å². The van der Waals surface area contributed by atoms with Gasteiger partial charge in [0.15, 0.2) is 0 Å². The molecule has 3 rings (SSSR count). The van der Waals surface area contributed by atoms with Crippen molar-refractivity contribution in [1.29, 1.82) is 0 Å². The number of carbonyl (C=O) groups is 1. The first-order valence-corrected chi connectivity index (χ1v) is 7.24. The quantitative estimate of drug-likeness (QED) is 0.940. The van der Waals surface area contributed by atoms with Gasteiger partial charge in [0.2, 0.25) is 0 Å². The molecule has 1 aromatic carbocycles. The van der Waals surface area contributed by atoms with E-state index in [0.717, 1.165) is 18.8 Å². The van der Waals surface area contributed by atoms with Crippen LogP contribution in [-0.2, 0) is 6.54 Å². The van der Waals surface area contributed by atoms with Crippen molar-refractivity contribution in [1.82, 2.24) is 4.90 Å². The molecule has 6 heteroatoms. The summed E-state index contributed by atoms with van der Waals surface area (Å²) >= 11 is 0. The summed E-state index contributed by atoms with van der Waals surface area (Å²) in [7, 11) is 0. The van der Waals surface area contributed by atoms with Crippen LogP contribution in [0.4, 0.5) is 10.1 Å². The van der Waals surface area contributed by atoms with E-state index >= 15 is 0 Å². The molecule has 0 saturated carbocycles. The second-order valence-corrected chi connectivity index (χ2v) is 5.26. The van der Waals surface area contributed by atoms with Crippen molar-refractivity contribution in [3.63, 3.8) is 0 Å². The molecule has 0 spiro atoms. The third-order valence-electron chi connectivity index (χ3n) is 3.86. The lowest BCUT2D eigenvalue weighted by molar-refractivity contribution is 0.0746. The van der Waals surface area contributed by atoms with E-state index in [1.165, 1.54) is 18.4 Å². The number of nitrogens with two attached hydrogens (primary N) is 1. The van der Waals surface area contributed by atoms with Crippen LogP contribution in [0.15, 0.2) is 41.0 Å². The molecular formula is C16H18FN3O2. The standard InChI is InChI=1S/C16H18FN3O2/c17-13-1-3-14(4-2-13)19-5-7-20(8-6-19)16(21)12-9-15(10-18)22-11-12/h1-4,9,11H,5-8,10,18H2. The molecule has 22 heavy (non-hydrogen) atoms. The van der Waals surface area contributed by atoms with Crippen molar-refractivity contribution in [3.8, 4) is 0 Å². The lowest BCUT2D eigenvalue weighted by atomic mass is 10.2. The average Bonchev–Trinajstić information content (AvgIpc) is 3.04. The second kappa shape index (κ2) is 6.19. The van der Waals surface area contributed by atoms with Crippen LogP contribution >= 0.6 is 0 Å². The molecule has 2 aromatic rings. The zero-order valence-corrected chi connectivity index (χ0v) is 12.2. The fourth-order valence-corrected chi connectivity index (χ4v) is 2.60. The summed E-state index contributed by atoms with van der Waals surface area (Å²) in [5.41, 5.74) is 6.99. The van der Waals surface area contributed by atoms with E-state index in [1.807, 2.05) is 0 Å². The van der Waals surface area contributed by atoms with Crippen molar-refractivity contribution in [2.45, 2.75) is 6.54 Å². The molecule has 116 valence electrons. The topological polar surface area (TPSA) is 62.7 Å². The molecule has 1 fully saturated rings. The van der Waals surface area contributed by atoms with Crippen LogP contribution < -0.4 is 10.6 Å². The van der Waals surface area contributed by atoms with Gasteiger partial charge in [-0.2, -0.15) is 0 Å². The van der Waals surface area contributed by atoms with Gasteiger partial charge in [0.05, 0.1) is 12.1 Å². The minimum atomic E-state index is -0.242. The van der Waals surface area contributed by atoms with E-state index in [4.69, 9.17) is 10.2 Å². The van der Waals surface area contributed by atoms with Crippen molar-refractivity contribution in [2.75, 3.05) is 31.1 Å². The lowest BCUT2D eigenvalue weighted by Gasteiger charge is -2.36. The molecule has 0 atom stereocenters. The lowest BCUT2D eigenvalue weighted by Crippen LogP contribution is -2.48. The van der Waals surface area contributed by atoms with E-state index in [-0.39, 0.29) is 18.3 Å². The third-order valence-corrected chi connectivity index (χ3v) is 3.86. The maximum Gasteiger partial charge on any atom is 0.257 e. The predicted octanol–water partition coefficient (Wildman–Crippen LogP) is 1.84. The van der Waals surface area contributed by atoms with E-state index in [1.54, 1.807) is 23.1 Å². The molecular weight excluding hydrogens is 285 g/mol. The van der Waals surface area contributed by atoms with Crippen LogP contribution in [0.25, 0.3) is 0 Å². The Labute approximate surface area is 128 Å². The van der Waals surface area contributed by atoms with Gasteiger partial charge in [0, 0.05) is 31.9 Å². The van der Waals surface area contributed by atoms with Crippen LogP contribution in [-0.4, -0.2) is 37.0 Å². The van der Waals surface area contributed by atoms with Crippen LogP contribution in [0.1, 0.15) is 16.1 Å². The summed E-state index contributed by atoms with van der Waals surface area (Å²) in [5, 5.41) is 0. The third kappa shape index (κ3) is 2.96. The van der Waals surface area contributed by atoms with Crippen molar-refractivity contribution >= 4 is 11.6 Å². The van der Waals surface area contributed by atoms with Crippen molar-refractivity contribution in [2.24, 2.45) is 5.73 Å². The highest BCUT2D eigenvalue weighted by atomic mass is 19.1. The summed E-state index contributed by atoms with van der Waals surface area (Å²) in [6.45, 7) is 2.97. The number of hydrogen-bond acceptors (Lipinski definition) is 4. The van der Waals surface area contributed by atoms with Crippen LogP contribution in [0.2, 0.25) is 0 Å².